The van der Waals surface area contributed by atoms with E-state index in [0.29, 0.717) is 12.5 Å². The van der Waals surface area contributed by atoms with Crippen LogP contribution in [0.1, 0.15) is 4.88 Å². The van der Waals surface area contributed by atoms with Crippen molar-refractivity contribution in [3.63, 3.8) is 0 Å². The van der Waals surface area contributed by atoms with Crippen LogP contribution in [0.25, 0.3) is 0 Å². The summed E-state index contributed by atoms with van der Waals surface area (Å²) in [5, 5.41) is 2.16. The zero-order valence-corrected chi connectivity index (χ0v) is 16.6. The summed E-state index contributed by atoms with van der Waals surface area (Å²) < 4.78 is 0. The fraction of sp³-hybridized carbons (Fsp3) is 0.500. The molecule has 2 aliphatic heterocycles. The van der Waals surface area contributed by atoms with Crippen LogP contribution in [0.4, 0.5) is 5.82 Å². The van der Waals surface area contributed by atoms with Crippen molar-refractivity contribution in [1.29, 1.82) is 0 Å². The van der Waals surface area contributed by atoms with Crippen molar-refractivity contribution in [3.8, 4) is 0 Å². The fourth-order valence-electron chi connectivity index (χ4n) is 4.07. The Labute approximate surface area is 165 Å². The Morgan fingerprint density at radius 1 is 1.00 bits per heavy atom. The van der Waals surface area contributed by atoms with Gasteiger partial charge in [-0.2, -0.15) is 0 Å². The Morgan fingerprint density at radius 3 is 2.44 bits per heavy atom. The molecule has 0 saturated carbocycles. The number of aromatic amines is 1. The van der Waals surface area contributed by atoms with Crippen LogP contribution in [-0.4, -0.2) is 69.7 Å². The second-order valence-corrected chi connectivity index (χ2v) is 8.58. The highest BCUT2D eigenvalue weighted by Crippen LogP contribution is 2.09. The number of carbonyl (C=O) groups excluding carboxylic acids is 1. The molecule has 0 atom stereocenters. The summed E-state index contributed by atoms with van der Waals surface area (Å²) in [4.78, 5) is 25.0. The number of hydrogen-bond donors (Lipinski definition) is 2. The Bertz CT molecular complexity index is 707. The number of amides is 1. The van der Waals surface area contributed by atoms with Gasteiger partial charge in [0.25, 0.3) is 11.7 Å². The first-order valence-corrected chi connectivity index (χ1v) is 10.8. The highest BCUT2D eigenvalue weighted by atomic mass is 32.1. The Balaban J connectivity index is 1.19. The van der Waals surface area contributed by atoms with Gasteiger partial charge in [0, 0.05) is 6.07 Å². The first kappa shape index (κ1) is 18.4. The second kappa shape index (κ2) is 8.82. The third kappa shape index (κ3) is 4.86. The molecule has 2 saturated heterocycles. The largest absolute Gasteiger partial charge is 0.330 e. The number of nitrogens with zero attached hydrogens (tertiary/aromatic N) is 2. The highest BCUT2D eigenvalue weighted by Gasteiger charge is 2.30. The fourth-order valence-corrected chi connectivity index (χ4v) is 4.85. The van der Waals surface area contributed by atoms with Crippen molar-refractivity contribution < 1.29 is 19.6 Å². The van der Waals surface area contributed by atoms with Crippen LogP contribution >= 0.6 is 11.3 Å². The van der Waals surface area contributed by atoms with E-state index in [4.69, 9.17) is 0 Å². The summed E-state index contributed by atoms with van der Waals surface area (Å²) in [6, 6.07) is 10.5. The van der Waals surface area contributed by atoms with Gasteiger partial charge in [0.1, 0.15) is 45.8 Å². The van der Waals surface area contributed by atoms with Gasteiger partial charge in [0.05, 0.1) is 24.2 Å². The molecule has 0 radical (unpaired) electrons. The van der Waals surface area contributed by atoms with E-state index in [-0.39, 0.29) is 0 Å². The van der Waals surface area contributed by atoms with Gasteiger partial charge >= 0.3 is 0 Å². The van der Waals surface area contributed by atoms with E-state index in [9.17, 15) is 4.79 Å². The summed E-state index contributed by atoms with van der Waals surface area (Å²) in [6.45, 7) is 9.78. The van der Waals surface area contributed by atoms with E-state index in [1.807, 2.05) is 29.7 Å². The van der Waals surface area contributed by atoms with Crippen molar-refractivity contribution in [2.24, 2.45) is 0 Å². The monoisotopic (exact) mass is 388 g/mol. The Morgan fingerprint density at radius 2 is 1.78 bits per heavy atom. The van der Waals surface area contributed by atoms with Gasteiger partial charge in [-0.3, -0.25) is 9.69 Å². The van der Waals surface area contributed by atoms with Gasteiger partial charge in [-0.25, -0.2) is 4.98 Å². The zero-order valence-electron chi connectivity index (χ0n) is 15.8. The summed E-state index contributed by atoms with van der Waals surface area (Å²) >= 11 is 1.85. The predicted molar refractivity (Wildman–Crippen MR) is 106 cm³/mol. The van der Waals surface area contributed by atoms with E-state index >= 15 is 0 Å². The highest BCUT2D eigenvalue weighted by molar-refractivity contribution is 7.09. The van der Waals surface area contributed by atoms with Crippen LogP contribution in [0.2, 0.25) is 0 Å². The van der Waals surface area contributed by atoms with Gasteiger partial charge in [-0.05, 0) is 17.5 Å². The number of carbonyl (C=O) groups is 1. The molecule has 0 spiro atoms. The molecule has 0 aromatic carbocycles. The summed E-state index contributed by atoms with van der Waals surface area (Å²) in [6.07, 6.45) is 1.95. The topological polar surface area (TPSA) is 46.6 Å². The van der Waals surface area contributed by atoms with E-state index < -0.39 is 0 Å². The molecule has 7 heteroatoms. The first-order valence-electron chi connectivity index (χ1n) is 9.97. The lowest BCUT2D eigenvalue weighted by Crippen LogP contribution is -3.28. The average molecular weight is 389 g/mol. The minimum absolute atomic E-state index is 0.323. The third-order valence-corrected chi connectivity index (χ3v) is 6.61. The molecule has 4 rings (SSSR count). The molecule has 0 bridgehead atoms. The number of pyridine rings is 1. The van der Waals surface area contributed by atoms with E-state index in [1.54, 1.807) is 4.90 Å². The average Bonchev–Trinajstić information content (AvgIpc) is 3.23. The number of quaternary nitrogens is 2. The molecular weight excluding hydrogens is 358 g/mol. The van der Waals surface area contributed by atoms with Crippen LogP contribution in [-0.2, 0) is 11.3 Å². The molecule has 3 N–H and O–H groups in total. The van der Waals surface area contributed by atoms with E-state index in [0.717, 1.165) is 64.7 Å². The number of rotatable bonds is 5. The maximum Gasteiger partial charge on any atom is 0.278 e. The van der Waals surface area contributed by atoms with Gasteiger partial charge in [0.2, 0.25) is 0 Å². The minimum Gasteiger partial charge on any atom is -0.330 e. The number of piperazine rings is 2. The number of H-pyrrole nitrogens is 1. The normalized spacial score (nSPS) is 23.4. The molecule has 27 heavy (non-hydrogen) atoms. The second-order valence-electron chi connectivity index (χ2n) is 7.55. The quantitative estimate of drug-likeness (QED) is 0.635. The number of aromatic nitrogens is 1. The number of thiophene rings is 1. The molecule has 0 aliphatic carbocycles. The molecule has 2 aromatic heterocycles. The Kier molecular flexibility index (Phi) is 6.01. The van der Waals surface area contributed by atoms with Crippen molar-refractivity contribution >= 4 is 23.1 Å². The van der Waals surface area contributed by atoms with Gasteiger partial charge < -0.3 is 14.7 Å². The molecule has 2 aliphatic rings. The van der Waals surface area contributed by atoms with Gasteiger partial charge in [0.15, 0.2) is 6.54 Å². The molecule has 6 nitrogen and oxygen atoms in total. The maximum absolute atomic E-state index is 12.7. The van der Waals surface area contributed by atoms with Crippen molar-refractivity contribution in [2.75, 3.05) is 63.8 Å². The predicted octanol–water partition coefficient (Wildman–Crippen LogP) is -1.81. The number of anilines is 1. The third-order valence-electron chi connectivity index (χ3n) is 5.74. The molecule has 1 amide bonds. The SMILES string of the molecule is O=C(C[NH+]1CC[NH+](Cc2cccs2)CC1)N1CCN(c2cccc[nH+]2)CC1. The molecule has 0 unspecified atom stereocenters. The molecular formula is C20H30N5OS+3. The molecule has 144 valence electrons. The van der Waals surface area contributed by atoms with Crippen LogP contribution < -0.4 is 19.7 Å². The number of hydrogen-bond acceptors (Lipinski definition) is 3. The van der Waals surface area contributed by atoms with Crippen LogP contribution in [0.15, 0.2) is 41.9 Å². The lowest BCUT2D eigenvalue weighted by molar-refractivity contribution is -1.02. The molecule has 2 fully saturated rings. The van der Waals surface area contributed by atoms with Crippen molar-refractivity contribution in [2.45, 2.75) is 6.54 Å². The molecule has 2 aromatic rings. The molecule has 4 heterocycles. The van der Waals surface area contributed by atoms with E-state index in [2.05, 4.69) is 38.4 Å². The summed E-state index contributed by atoms with van der Waals surface area (Å²) in [5.41, 5.74) is 0. The van der Waals surface area contributed by atoms with Gasteiger partial charge in [-0.1, -0.05) is 12.1 Å². The van der Waals surface area contributed by atoms with Crippen LogP contribution in [0.3, 0.4) is 0 Å². The lowest BCUT2D eigenvalue weighted by Gasteiger charge is -2.33. The number of nitrogens with one attached hydrogen (secondary N) is 3. The maximum atomic E-state index is 12.7. The van der Waals surface area contributed by atoms with E-state index in [1.165, 1.54) is 9.78 Å². The summed E-state index contributed by atoms with van der Waals surface area (Å²) in [5.74, 6) is 1.46. The summed E-state index contributed by atoms with van der Waals surface area (Å²) in [7, 11) is 0. The zero-order chi connectivity index (χ0) is 18.5. The smallest absolute Gasteiger partial charge is 0.278 e. The minimum atomic E-state index is 0.323. The van der Waals surface area contributed by atoms with Crippen LogP contribution in [0.5, 0.6) is 0 Å². The van der Waals surface area contributed by atoms with Crippen LogP contribution in [0, 0.1) is 0 Å². The standard InChI is InChI=1S/C20H27N5OS/c26-20(25-13-11-24(12-14-25)19-5-1-2-6-21-19)17-23-9-7-22(8-10-23)16-18-4-3-15-27-18/h1-6,15H,7-14,16-17H2/p+3. The van der Waals surface area contributed by atoms with Crippen molar-refractivity contribution in [3.05, 3.63) is 46.8 Å². The lowest BCUT2D eigenvalue weighted by atomic mass is 10.2. The first-order chi connectivity index (χ1) is 13.3. The van der Waals surface area contributed by atoms with Gasteiger partial charge in [-0.15, -0.1) is 11.3 Å². The Hall–Kier alpha value is -1.96. The van der Waals surface area contributed by atoms with Crippen molar-refractivity contribution in [1.82, 2.24) is 4.90 Å².